The van der Waals surface area contributed by atoms with Crippen molar-refractivity contribution in [2.45, 2.75) is 38.1 Å². The van der Waals surface area contributed by atoms with Gasteiger partial charge in [0.15, 0.2) is 5.06 Å². The van der Waals surface area contributed by atoms with Gasteiger partial charge in [-0.05, 0) is 30.4 Å². The van der Waals surface area contributed by atoms with Crippen LogP contribution in [0.1, 0.15) is 32.1 Å². The third-order valence-electron chi connectivity index (χ3n) is 2.79. The molecule has 0 atom stereocenters. The van der Waals surface area contributed by atoms with Crippen LogP contribution in [-0.2, 0) is 0 Å². The van der Waals surface area contributed by atoms with Crippen molar-refractivity contribution in [1.29, 1.82) is 0 Å². The van der Waals surface area contributed by atoms with Crippen LogP contribution in [0, 0.1) is 0 Å². The van der Waals surface area contributed by atoms with Gasteiger partial charge in [0.05, 0.1) is 6.04 Å². The second-order valence-electron chi connectivity index (χ2n) is 3.94. The summed E-state index contributed by atoms with van der Waals surface area (Å²) in [7, 11) is 0. The summed E-state index contributed by atoms with van der Waals surface area (Å²) in [5.74, 6) is 0. The maximum atomic E-state index is 11.6. The summed E-state index contributed by atoms with van der Waals surface area (Å²) in [6.07, 6.45) is 4.35. The van der Waals surface area contributed by atoms with Crippen LogP contribution in [0.3, 0.4) is 0 Å². The fourth-order valence-corrected chi connectivity index (χ4v) is 2.50. The van der Waals surface area contributed by atoms with Crippen LogP contribution in [0.5, 0.6) is 5.06 Å². The van der Waals surface area contributed by atoms with Crippen molar-refractivity contribution in [2.24, 2.45) is 0 Å². The zero-order valence-corrected chi connectivity index (χ0v) is 9.78. The molecule has 1 saturated carbocycles. The van der Waals surface area contributed by atoms with E-state index >= 15 is 0 Å². The molecular formula is C11H15NO3S. The van der Waals surface area contributed by atoms with Crippen LogP contribution >= 0.6 is 11.3 Å². The zero-order valence-electron chi connectivity index (χ0n) is 8.96. The van der Waals surface area contributed by atoms with Crippen LogP contribution < -0.4 is 4.74 Å². The Labute approximate surface area is 98.4 Å². The van der Waals surface area contributed by atoms with Crippen LogP contribution in [0.2, 0.25) is 0 Å². The molecule has 0 bridgehead atoms. The predicted molar refractivity (Wildman–Crippen MR) is 60.8 cm³/mol. The molecule has 0 unspecified atom stereocenters. The first-order valence-corrected chi connectivity index (χ1v) is 6.39. The molecule has 1 aliphatic rings. The van der Waals surface area contributed by atoms with E-state index < -0.39 is 6.09 Å². The van der Waals surface area contributed by atoms with Gasteiger partial charge < -0.3 is 4.74 Å². The fraction of sp³-hybridized carbons (Fsp3) is 0.545. The molecule has 16 heavy (non-hydrogen) atoms. The van der Waals surface area contributed by atoms with Crippen LogP contribution in [0.15, 0.2) is 17.5 Å². The summed E-state index contributed by atoms with van der Waals surface area (Å²) in [5.41, 5.74) is 0. The summed E-state index contributed by atoms with van der Waals surface area (Å²) in [6, 6.07) is 3.42. The largest absolute Gasteiger partial charge is 0.440 e. The first-order valence-electron chi connectivity index (χ1n) is 5.51. The SMILES string of the molecule is O=C(Oc1cccs1)N(O)C1CCCCC1. The van der Waals surface area contributed by atoms with Gasteiger partial charge in [0.2, 0.25) is 0 Å². The summed E-state index contributed by atoms with van der Waals surface area (Å²) in [5, 5.41) is 12.8. The highest BCUT2D eigenvalue weighted by Crippen LogP contribution is 2.23. The van der Waals surface area contributed by atoms with Gasteiger partial charge in [0.25, 0.3) is 0 Å². The topological polar surface area (TPSA) is 49.8 Å². The van der Waals surface area contributed by atoms with Gasteiger partial charge >= 0.3 is 6.09 Å². The Balaban J connectivity index is 1.88. The maximum absolute atomic E-state index is 11.6. The molecular weight excluding hydrogens is 226 g/mol. The van der Waals surface area contributed by atoms with E-state index in [1.165, 1.54) is 17.8 Å². The standard InChI is InChI=1S/C11H15NO3S/c13-11(15-10-7-4-8-16-10)12(14)9-5-2-1-3-6-9/h4,7-9,14H,1-3,5-6H2. The number of ether oxygens (including phenoxy) is 1. The molecule has 1 aliphatic carbocycles. The van der Waals surface area contributed by atoms with Gasteiger partial charge in [-0.3, -0.25) is 5.21 Å². The molecule has 0 saturated heterocycles. The lowest BCUT2D eigenvalue weighted by Crippen LogP contribution is -2.40. The molecule has 5 heteroatoms. The Morgan fingerprint density at radius 1 is 1.44 bits per heavy atom. The predicted octanol–water partition coefficient (Wildman–Crippen LogP) is 3.27. The molecule has 0 aliphatic heterocycles. The average Bonchev–Trinajstić information content (AvgIpc) is 2.82. The van der Waals surface area contributed by atoms with E-state index in [1.54, 1.807) is 12.1 Å². The fourth-order valence-electron chi connectivity index (χ4n) is 1.93. The number of hydrogen-bond donors (Lipinski definition) is 1. The number of hydrogen-bond acceptors (Lipinski definition) is 4. The Morgan fingerprint density at radius 2 is 2.19 bits per heavy atom. The van der Waals surface area contributed by atoms with Crippen LogP contribution in [0.4, 0.5) is 4.79 Å². The van der Waals surface area contributed by atoms with Gasteiger partial charge in [-0.1, -0.05) is 19.3 Å². The number of rotatable bonds is 2. The monoisotopic (exact) mass is 241 g/mol. The second-order valence-corrected chi connectivity index (χ2v) is 4.85. The summed E-state index contributed by atoms with van der Waals surface area (Å²) < 4.78 is 5.02. The van der Waals surface area contributed by atoms with Crippen molar-refractivity contribution < 1.29 is 14.7 Å². The number of thiophene rings is 1. The minimum Gasteiger partial charge on any atom is -0.398 e. The van der Waals surface area contributed by atoms with E-state index in [9.17, 15) is 10.0 Å². The summed E-state index contributed by atoms with van der Waals surface area (Å²) in [6.45, 7) is 0. The third-order valence-corrected chi connectivity index (χ3v) is 3.54. The third kappa shape index (κ3) is 2.74. The number of carbonyl (C=O) groups excluding carboxylic acids is 1. The first kappa shape index (κ1) is 11.4. The van der Waals surface area contributed by atoms with Crippen molar-refractivity contribution >= 4 is 17.4 Å². The minimum atomic E-state index is -0.672. The van der Waals surface area contributed by atoms with E-state index in [0.29, 0.717) is 5.06 Å². The van der Waals surface area contributed by atoms with Crippen LogP contribution in [-0.4, -0.2) is 22.4 Å². The minimum absolute atomic E-state index is 0.0822. The molecule has 0 spiro atoms. The van der Waals surface area contributed by atoms with Crippen LogP contribution in [0.25, 0.3) is 0 Å². The van der Waals surface area contributed by atoms with E-state index in [2.05, 4.69) is 0 Å². The van der Waals surface area contributed by atoms with E-state index in [1.807, 2.05) is 5.38 Å². The van der Waals surface area contributed by atoms with Crippen molar-refractivity contribution in [3.05, 3.63) is 17.5 Å². The lowest BCUT2D eigenvalue weighted by Gasteiger charge is -2.27. The van der Waals surface area contributed by atoms with E-state index in [-0.39, 0.29) is 6.04 Å². The number of carbonyl (C=O) groups is 1. The molecule has 4 nitrogen and oxygen atoms in total. The molecule has 1 aromatic rings. The number of hydroxylamine groups is 2. The van der Waals surface area contributed by atoms with Crippen molar-refractivity contribution in [2.75, 3.05) is 0 Å². The van der Waals surface area contributed by atoms with Gasteiger partial charge in [0.1, 0.15) is 0 Å². The van der Waals surface area contributed by atoms with Gasteiger partial charge in [0, 0.05) is 0 Å². The number of nitrogens with zero attached hydrogens (tertiary/aromatic N) is 1. The van der Waals surface area contributed by atoms with Gasteiger partial charge in [-0.2, -0.15) is 5.06 Å². The normalized spacial score (nSPS) is 17.1. The quantitative estimate of drug-likeness (QED) is 0.638. The van der Waals surface area contributed by atoms with Gasteiger partial charge in [-0.15, -0.1) is 11.3 Å². The zero-order chi connectivity index (χ0) is 11.4. The van der Waals surface area contributed by atoms with Crippen molar-refractivity contribution in [3.63, 3.8) is 0 Å². The Hall–Kier alpha value is -1.07. The Kier molecular flexibility index (Phi) is 3.79. The molecule has 1 heterocycles. The second kappa shape index (κ2) is 5.32. The lowest BCUT2D eigenvalue weighted by molar-refractivity contribution is -0.101. The molecule has 1 aromatic heterocycles. The maximum Gasteiger partial charge on any atom is 0.440 e. The molecule has 2 rings (SSSR count). The molecule has 1 fully saturated rings. The van der Waals surface area contributed by atoms with E-state index in [4.69, 9.17) is 4.74 Å². The molecule has 0 radical (unpaired) electrons. The lowest BCUT2D eigenvalue weighted by atomic mass is 9.95. The highest BCUT2D eigenvalue weighted by atomic mass is 32.1. The van der Waals surface area contributed by atoms with Gasteiger partial charge in [-0.25, -0.2) is 4.79 Å². The Morgan fingerprint density at radius 3 is 2.81 bits per heavy atom. The van der Waals surface area contributed by atoms with E-state index in [0.717, 1.165) is 30.7 Å². The first-order chi connectivity index (χ1) is 7.77. The summed E-state index contributed by atoms with van der Waals surface area (Å²) >= 11 is 1.33. The highest BCUT2D eigenvalue weighted by molar-refractivity contribution is 7.11. The summed E-state index contributed by atoms with van der Waals surface area (Å²) in [4.78, 5) is 11.6. The Bertz CT molecular complexity index is 333. The molecule has 1 amide bonds. The average molecular weight is 241 g/mol. The van der Waals surface area contributed by atoms with Crippen molar-refractivity contribution in [1.82, 2.24) is 5.06 Å². The molecule has 1 N–H and O–H groups in total. The number of amides is 1. The smallest absolute Gasteiger partial charge is 0.398 e. The molecule has 88 valence electrons. The molecule has 0 aromatic carbocycles. The van der Waals surface area contributed by atoms with Crippen molar-refractivity contribution in [3.8, 4) is 5.06 Å². The highest BCUT2D eigenvalue weighted by Gasteiger charge is 2.25.